The lowest BCUT2D eigenvalue weighted by Crippen LogP contribution is -2.41. The second kappa shape index (κ2) is 10.7. The Morgan fingerprint density at radius 1 is 1.14 bits per heavy atom. The molecule has 0 amide bonds. The number of rotatable bonds is 11. The van der Waals surface area contributed by atoms with Gasteiger partial charge < -0.3 is 14.7 Å². The van der Waals surface area contributed by atoms with Crippen LogP contribution in [0.1, 0.15) is 32.6 Å². The van der Waals surface area contributed by atoms with Crippen molar-refractivity contribution in [1.82, 2.24) is 0 Å². The van der Waals surface area contributed by atoms with Crippen molar-refractivity contribution in [2.24, 2.45) is 0 Å². The third kappa shape index (κ3) is 14.0. The van der Waals surface area contributed by atoms with Crippen LogP contribution in [0.2, 0.25) is 0 Å². The second-order valence-electron chi connectivity index (χ2n) is 6.00. The fourth-order valence-corrected chi connectivity index (χ4v) is 2.39. The van der Waals surface area contributed by atoms with Gasteiger partial charge in [0.25, 0.3) is 10.1 Å². The Morgan fingerprint density at radius 3 is 2.18 bits per heavy atom. The maximum Gasteiger partial charge on any atom is 0.333 e. The minimum atomic E-state index is -3.86. The van der Waals surface area contributed by atoms with Crippen LogP contribution >= 0.6 is 0 Å². The Morgan fingerprint density at radius 2 is 1.68 bits per heavy atom. The number of hydrogen-bond acceptors (Lipinski definition) is 5. The molecule has 0 spiro atoms. The minimum Gasteiger partial charge on any atom is -0.870 e. The molecule has 0 saturated heterocycles. The molecule has 0 unspecified atom stereocenters. The monoisotopic (exact) mass is 339 g/mol. The average molecular weight is 339 g/mol. The van der Waals surface area contributed by atoms with E-state index in [1.165, 1.54) is 0 Å². The molecule has 2 N–H and O–H groups in total. The summed E-state index contributed by atoms with van der Waals surface area (Å²) >= 11 is 0. The molecule has 0 radical (unpaired) electrons. The van der Waals surface area contributed by atoms with Crippen molar-refractivity contribution in [3.63, 3.8) is 0 Å². The third-order valence-corrected chi connectivity index (χ3v) is 3.96. The lowest BCUT2D eigenvalue weighted by Gasteiger charge is -2.29. The number of nitrogens with zero attached hydrogens (tertiary/aromatic N) is 1. The number of hydrogen-bond donors (Lipinski definition) is 1. The Labute approximate surface area is 133 Å². The maximum absolute atomic E-state index is 11.1. The van der Waals surface area contributed by atoms with Crippen LogP contribution in [0.25, 0.3) is 0 Å². The van der Waals surface area contributed by atoms with Gasteiger partial charge in [-0.05, 0) is 26.2 Å². The molecule has 0 rings (SSSR count). The Kier molecular flexibility index (Phi) is 11.4. The van der Waals surface area contributed by atoms with Crippen LogP contribution in [0.4, 0.5) is 0 Å². The average Bonchev–Trinajstić information content (AvgIpc) is 2.30. The first-order valence-electron chi connectivity index (χ1n) is 7.13. The summed E-state index contributed by atoms with van der Waals surface area (Å²) in [7, 11) is 0.206. The van der Waals surface area contributed by atoms with Crippen LogP contribution in [-0.2, 0) is 19.6 Å². The molecule has 0 aromatic carbocycles. The summed E-state index contributed by atoms with van der Waals surface area (Å²) in [5, 5.41) is 0. The summed E-state index contributed by atoms with van der Waals surface area (Å²) < 4.78 is 35.7. The van der Waals surface area contributed by atoms with Crippen LogP contribution in [-0.4, -0.2) is 68.4 Å². The van der Waals surface area contributed by atoms with E-state index >= 15 is 0 Å². The van der Waals surface area contributed by atoms with E-state index in [0.717, 1.165) is 25.8 Å². The SMILES string of the molecule is C=C(C)C(=O)OCCCCC[N+](C)(C)CCCS(=O)(=O)O.[OH-]. The summed E-state index contributed by atoms with van der Waals surface area (Å²) in [6.07, 6.45) is 3.18. The standard InChI is InChI=1S/C14H27NO5S.H2O/c1-13(2)14(16)20-11-7-5-6-9-15(3,4)10-8-12-21(17,18)19;/h1,5-12H2,2-4H3;1H2. The van der Waals surface area contributed by atoms with Crippen LogP contribution in [0.15, 0.2) is 12.2 Å². The largest absolute Gasteiger partial charge is 0.870 e. The molecule has 22 heavy (non-hydrogen) atoms. The van der Waals surface area contributed by atoms with E-state index in [1.54, 1.807) is 6.92 Å². The molecule has 0 bridgehead atoms. The van der Waals surface area contributed by atoms with Crippen molar-refractivity contribution in [3.05, 3.63) is 12.2 Å². The van der Waals surface area contributed by atoms with Crippen LogP contribution < -0.4 is 0 Å². The van der Waals surface area contributed by atoms with Crippen LogP contribution in [0.5, 0.6) is 0 Å². The molecule has 0 heterocycles. The highest BCUT2D eigenvalue weighted by molar-refractivity contribution is 7.85. The van der Waals surface area contributed by atoms with Gasteiger partial charge in [0.2, 0.25) is 0 Å². The summed E-state index contributed by atoms with van der Waals surface area (Å²) in [5.41, 5.74) is 0.409. The second-order valence-corrected chi connectivity index (χ2v) is 7.57. The topological polar surface area (TPSA) is 111 Å². The Bertz CT molecular complexity index is 444. The highest BCUT2D eigenvalue weighted by atomic mass is 32.2. The van der Waals surface area contributed by atoms with Gasteiger partial charge in [-0.1, -0.05) is 6.58 Å². The van der Waals surface area contributed by atoms with Crippen molar-refractivity contribution >= 4 is 16.1 Å². The van der Waals surface area contributed by atoms with Gasteiger partial charge in [0.1, 0.15) is 0 Å². The predicted octanol–water partition coefficient (Wildman–Crippen LogP) is 1.45. The third-order valence-electron chi connectivity index (χ3n) is 3.16. The van der Waals surface area contributed by atoms with E-state index in [1.807, 2.05) is 14.1 Å². The highest BCUT2D eigenvalue weighted by Gasteiger charge is 2.16. The van der Waals surface area contributed by atoms with Crippen molar-refractivity contribution in [2.75, 3.05) is 39.5 Å². The first kappa shape index (κ1) is 23.3. The van der Waals surface area contributed by atoms with E-state index in [4.69, 9.17) is 9.29 Å². The van der Waals surface area contributed by atoms with E-state index in [9.17, 15) is 13.2 Å². The zero-order valence-corrected chi connectivity index (χ0v) is 14.6. The molecule has 0 aliphatic heterocycles. The highest BCUT2D eigenvalue weighted by Crippen LogP contribution is 2.06. The Hall–Kier alpha value is -0.960. The zero-order valence-electron chi connectivity index (χ0n) is 13.7. The Balaban J connectivity index is 0. The fraction of sp³-hybridized carbons (Fsp3) is 0.786. The van der Waals surface area contributed by atoms with Gasteiger partial charge in [-0.25, -0.2) is 4.79 Å². The molecule has 0 fully saturated rings. The summed E-state index contributed by atoms with van der Waals surface area (Å²) in [6.45, 7) is 7.15. The number of ether oxygens (including phenoxy) is 1. The van der Waals surface area contributed by atoms with Gasteiger partial charge in [-0.3, -0.25) is 4.55 Å². The predicted molar refractivity (Wildman–Crippen MR) is 84.4 cm³/mol. The summed E-state index contributed by atoms with van der Waals surface area (Å²) in [4.78, 5) is 11.1. The molecule has 0 aliphatic carbocycles. The lowest BCUT2D eigenvalue weighted by atomic mass is 10.2. The zero-order chi connectivity index (χ0) is 16.5. The van der Waals surface area contributed by atoms with Crippen molar-refractivity contribution in [2.45, 2.75) is 32.6 Å². The number of carbonyl (C=O) groups excluding carboxylic acids is 1. The molecule has 132 valence electrons. The van der Waals surface area contributed by atoms with Gasteiger partial charge in [-0.2, -0.15) is 8.42 Å². The molecular weight excluding hydrogens is 310 g/mol. The van der Waals surface area contributed by atoms with E-state index in [-0.39, 0.29) is 17.2 Å². The molecule has 8 heteroatoms. The molecule has 0 saturated carbocycles. The maximum atomic E-state index is 11.1. The number of unbranched alkanes of at least 4 members (excludes halogenated alkanes) is 2. The van der Waals surface area contributed by atoms with Crippen LogP contribution in [0.3, 0.4) is 0 Å². The quantitative estimate of drug-likeness (QED) is 0.200. The first-order chi connectivity index (χ1) is 9.53. The minimum absolute atomic E-state index is 0. The smallest absolute Gasteiger partial charge is 0.333 e. The lowest BCUT2D eigenvalue weighted by molar-refractivity contribution is -0.890. The van der Waals surface area contributed by atoms with Gasteiger partial charge in [0.15, 0.2) is 0 Å². The van der Waals surface area contributed by atoms with Crippen LogP contribution in [0, 0.1) is 0 Å². The van der Waals surface area contributed by atoms with Gasteiger partial charge in [-0.15, -0.1) is 0 Å². The number of carbonyl (C=O) groups is 1. The molecule has 7 nitrogen and oxygen atoms in total. The fourth-order valence-electron chi connectivity index (χ4n) is 1.89. The van der Waals surface area contributed by atoms with Crippen molar-refractivity contribution < 1.29 is 32.5 Å². The van der Waals surface area contributed by atoms with E-state index in [2.05, 4.69) is 6.58 Å². The normalized spacial score (nSPS) is 11.6. The molecule has 0 atom stereocenters. The number of quaternary nitrogens is 1. The van der Waals surface area contributed by atoms with Gasteiger partial charge in [0, 0.05) is 12.0 Å². The molecule has 0 aromatic rings. The van der Waals surface area contributed by atoms with Gasteiger partial charge >= 0.3 is 5.97 Å². The molecular formula is C14H29NO6S. The van der Waals surface area contributed by atoms with E-state index < -0.39 is 10.1 Å². The number of esters is 1. The van der Waals surface area contributed by atoms with Crippen molar-refractivity contribution in [1.29, 1.82) is 0 Å². The van der Waals surface area contributed by atoms with E-state index in [0.29, 0.717) is 29.6 Å². The summed E-state index contributed by atoms with van der Waals surface area (Å²) in [5.74, 6) is -0.540. The molecule has 0 aliphatic rings. The molecule has 0 aromatic heterocycles. The summed E-state index contributed by atoms with van der Waals surface area (Å²) in [6, 6.07) is 0. The van der Waals surface area contributed by atoms with Gasteiger partial charge in [0.05, 0.1) is 39.5 Å². The van der Waals surface area contributed by atoms with Crippen molar-refractivity contribution in [3.8, 4) is 0 Å². The first-order valence-corrected chi connectivity index (χ1v) is 8.74.